The number of aryl methyl sites for hydroxylation is 2. The fourth-order valence-electron chi connectivity index (χ4n) is 2.51. The summed E-state index contributed by atoms with van der Waals surface area (Å²) in [7, 11) is 1.90. The van der Waals surface area contributed by atoms with Gasteiger partial charge in [0, 0.05) is 19.2 Å². The molecular formula is C15H20N2O2. The number of aliphatic hydroxyl groups excluding tert-OH is 1. The number of rotatable bonds is 5. The van der Waals surface area contributed by atoms with Crippen molar-refractivity contribution in [3.63, 3.8) is 0 Å². The lowest BCUT2D eigenvalue weighted by Crippen LogP contribution is -1.97. The van der Waals surface area contributed by atoms with Gasteiger partial charge in [0.15, 0.2) is 0 Å². The van der Waals surface area contributed by atoms with Crippen molar-refractivity contribution >= 4 is 0 Å². The lowest BCUT2D eigenvalue weighted by Gasteiger charge is -2.06. The molecule has 0 radical (unpaired) electrons. The molecule has 0 bridgehead atoms. The molecule has 2 aromatic rings. The van der Waals surface area contributed by atoms with Gasteiger partial charge in [0.1, 0.15) is 17.6 Å². The Labute approximate surface area is 113 Å². The van der Waals surface area contributed by atoms with Crippen LogP contribution in [0, 0.1) is 5.92 Å². The van der Waals surface area contributed by atoms with Crippen LogP contribution in [0.4, 0.5) is 0 Å². The van der Waals surface area contributed by atoms with E-state index >= 15 is 0 Å². The van der Waals surface area contributed by atoms with Gasteiger partial charge >= 0.3 is 0 Å². The van der Waals surface area contributed by atoms with Crippen LogP contribution >= 0.6 is 0 Å². The molecule has 2 heterocycles. The molecule has 19 heavy (non-hydrogen) atoms. The predicted octanol–water partition coefficient (Wildman–Crippen LogP) is 2.80. The molecule has 1 aliphatic rings. The molecule has 3 unspecified atom stereocenters. The van der Waals surface area contributed by atoms with Gasteiger partial charge in [0.2, 0.25) is 0 Å². The van der Waals surface area contributed by atoms with E-state index in [2.05, 4.69) is 12.0 Å². The van der Waals surface area contributed by atoms with Crippen LogP contribution in [0.25, 0.3) is 0 Å². The van der Waals surface area contributed by atoms with E-state index in [1.807, 2.05) is 31.6 Å². The zero-order valence-corrected chi connectivity index (χ0v) is 11.4. The molecule has 3 atom stereocenters. The quantitative estimate of drug-likeness (QED) is 0.899. The molecule has 0 aromatic carbocycles. The molecule has 1 saturated carbocycles. The Hall–Kier alpha value is -1.55. The summed E-state index contributed by atoms with van der Waals surface area (Å²) < 4.78 is 7.54. The van der Waals surface area contributed by atoms with Crippen molar-refractivity contribution in [3.8, 4) is 0 Å². The summed E-state index contributed by atoms with van der Waals surface area (Å²) in [6.07, 6.45) is 5.98. The highest BCUT2D eigenvalue weighted by molar-refractivity contribution is 5.18. The highest BCUT2D eigenvalue weighted by Gasteiger charge is 2.36. The zero-order chi connectivity index (χ0) is 13.4. The maximum Gasteiger partial charge on any atom is 0.132 e. The van der Waals surface area contributed by atoms with Crippen molar-refractivity contribution in [1.82, 2.24) is 9.78 Å². The van der Waals surface area contributed by atoms with Crippen LogP contribution in [0.2, 0.25) is 0 Å². The minimum atomic E-state index is -0.525. The standard InChI is InChI=1S/C15H20N2O2/c1-10-7-12(10)14-5-6-15(19-14)13(18)4-3-11-8-16-17(2)9-11/h5-6,8-10,12-13,18H,3-4,7H2,1-2H3. The van der Waals surface area contributed by atoms with Crippen LogP contribution in [-0.4, -0.2) is 14.9 Å². The summed E-state index contributed by atoms with van der Waals surface area (Å²) >= 11 is 0. The monoisotopic (exact) mass is 260 g/mol. The second-order valence-electron chi connectivity index (χ2n) is 5.64. The lowest BCUT2D eigenvalue weighted by atomic mass is 10.1. The van der Waals surface area contributed by atoms with Gasteiger partial charge in [-0.05, 0) is 42.9 Å². The van der Waals surface area contributed by atoms with E-state index in [1.165, 1.54) is 6.42 Å². The topological polar surface area (TPSA) is 51.2 Å². The minimum absolute atomic E-state index is 0.525. The molecule has 0 amide bonds. The first-order valence-corrected chi connectivity index (χ1v) is 6.88. The molecule has 0 aliphatic heterocycles. The second-order valence-corrected chi connectivity index (χ2v) is 5.64. The minimum Gasteiger partial charge on any atom is -0.463 e. The van der Waals surface area contributed by atoms with Crippen LogP contribution in [0.3, 0.4) is 0 Å². The van der Waals surface area contributed by atoms with Crippen molar-refractivity contribution in [1.29, 1.82) is 0 Å². The van der Waals surface area contributed by atoms with Crippen molar-refractivity contribution < 1.29 is 9.52 Å². The molecule has 0 spiro atoms. The third-order valence-corrected chi connectivity index (χ3v) is 3.92. The summed E-state index contributed by atoms with van der Waals surface area (Å²) in [5.74, 6) is 3.02. The van der Waals surface area contributed by atoms with E-state index < -0.39 is 6.10 Å². The van der Waals surface area contributed by atoms with Crippen molar-refractivity contribution in [3.05, 3.63) is 41.6 Å². The molecule has 4 heteroatoms. The number of nitrogens with zero attached hydrogens (tertiary/aromatic N) is 2. The molecule has 102 valence electrons. The third-order valence-electron chi connectivity index (χ3n) is 3.92. The Morgan fingerprint density at radius 3 is 2.95 bits per heavy atom. The Morgan fingerprint density at radius 1 is 1.53 bits per heavy atom. The number of aliphatic hydroxyl groups is 1. The Morgan fingerprint density at radius 2 is 2.32 bits per heavy atom. The zero-order valence-electron chi connectivity index (χ0n) is 11.4. The van der Waals surface area contributed by atoms with E-state index in [0.29, 0.717) is 18.1 Å². The van der Waals surface area contributed by atoms with Gasteiger partial charge in [-0.1, -0.05) is 6.92 Å². The average Bonchev–Trinajstić information content (AvgIpc) is 2.84. The van der Waals surface area contributed by atoms with Crippen molar-refractivity contribution in [2.45, 2.75) is 38.2 Å². The van der Waals surface area contributed by atoms with E-state index in [1.54, 1.807) is 4.68 Å². The maximum absolute atomic E-state index is 10.1. The number of hydrogen-bond donors (Lipinski definition) is 1. The molecular weight excluding hydrogens is 240 g/mol. The number of hydrogen-bond acceptors (Lipinski definition) is 3. The van der Waals surface area contributed by atoms with Crippen molar-refractivity contribution in [2.24, 2.45) is 13.0 Å². The third kappa shape index (κ3) is 2.73. The van der Waals surface area contributed by atoms with Crippen LogP contribution in [0.5, 0.6) is 0 Å². The molecule has 4 nitrogen and oxygen atoms in total. The highest BCUT2D eigenvalue weighted by Crippen LogP contribution is 2.47. The van der Waals surface area contributed by atoms with Crippen LogP contribution in [-0.2, 0) is 13.5 Å². The van der Waals surface area contributed by atoms with Gasteiger partial charge in [-0.2, -0.15) is 5.10 Å². The fourth-order valence-corrected chi connectivity index (χ4v) is 2.51. The van der Waals surface area contributed by atoms with E-state index in [9.17, 15) is 5.11 Å². The smallest absolute Gasteiger partial charge is 0.132 e. The second kappa shape index (κ2) is 4.85. The first-order valence-electron chi connectivity index (χ1n) is 6.88. The average molecular weight is 260 g/mol. The molecule has 1 fully saturated rings. The predicted molar refractivity (Wildman–Crippen MR) is 71.7 cm³/mol. The van der Waals surface area contributed by atoms with E-state index in [4.69, 9.17) is 4.42 Å². The van der Waals surface area contributed by atoms with E-state index in [-0.39, 0.29) is 0 Å². The first-order chi connectivity index (χ1) is 9.13. The summed E-state index contributed by atoms with van der Waals surface area (Å²) in [6.45, 7) is 2.23. The fraction of sp³-hybridized carbons (Fsp3) is 0.533. The van der Waals surface area contributed by atoms with Gasteiger partial charge in [-0.25, -0.2) is 0 Å². The number of furan rings is 1. The van der Waals surface area contributed by atoms with Crippen LogP contribution in [0.1, 0.15) is 48.9 Å². The van der Waals surface area contributed by atoms with Gasteiger partial charge in [0.25, 0.3) is 0 Å². The van der Waals surface area contributed by atoms with Gasteiger partial charge in [0.05, 0.1) is 6.20 Å². The van der Waals surface area contributed by atoms with E-state index in [0.717, 1.165) is 23.7 Å². The normalized spacial score (nSPS) is 23.5. The molecule has 0 saturated heterocycles. The SMILES string of the molecule is CC1CC1c1ccc(C(O)CCc2cnn(C)c2)o1. The van der Waals surface area contributed by atoms with Crippen LogP contribution in [0.15, 0.2) is 28.9 Å². The molecule has 1 N–H and O–H groups in total. The van der Waals surface area contributed by atoms with Gasteiger partial charge in [-0.15, -0.1) is 0 Å². The summed E-state index contributed by atoms with van der Waals surface area (Å²) in [5.41, 5.74) is 1.14. The maximum atomic E-state index is 10.1. The Balaban J connectivity index is 1.57. The Kier molecular flexibility index (Phi) is 3.19. The van der Waals surface area contributed by atoms with Crippen molar-refractivity contribution in [2.75, 3.05) is 0 Å². The molecule has 2 aromatic heterocycles. The molecule has 1 aliphatic carbocycles. The molecule has 3 rings (SSSR count). The Bertz CT molecular complexity index is 558. The van der Waals surface area contributed by atoms with Crippen LogP contribution < -0.4 is 0 Å². The van der Waals surface area contributed by atoms with Gasteiger partial charge in [-0.3, -0.25) is 4.68 Å². The summed E-state index contributed by atoms with van der Waals surface area (Å²) in [6, 6.07) is 3.92. The largest absolute Gasteiger partial charge is 0.463 e. The van der Waals surface area contributed by atoms with Gasteiger partial charge < -0.3 is 9.52 Å². The highest BCUT2D eigenvalue weighted by atomic mass is 16.4. The first kappa shape index (κ1) is 12.5. The number of aromatic nitrogens is 2. The lowest BCUT2D eigenvalue weighted by molar-refractivity contribution is 0.138. The summed E-state index contributed by atoms with van der Waals surface area (Å²) in [4.78, 5) is 0. The summed E-state index contributed by atoms with van der Waals surface area (Å²) in [5, 5.41) is 14.3.